The normalized spacial score (nSPS) is 11.4. The first-order chi connectivity index (χ1) is 11.9. The SMILES string of the molecule is Cc1[nH]c(-c2ccccc2)c(-c2ccccc2)c1C(=O)OC(C)(C)C. The van der Waals surface area contributed by atoms with E-state index in [1.165, 1.54) is 0 Å². The highest BCUT2D eigenvalue weighted by Crippen LogP contribution is 2.37. The van der Waals surface area contributed by atoms with Crippen LogP contribution in [0.3, 0.4) is 0 Å². The van der Waals surface area contributed by atoms with Crippen molar-refractivity contribution in [3.05, 3.63) is 71.9 Å². The lowest BCUT2D eigenvalue weighted by atomic mass is 9.97. The highest BCUT2D eigenvalue weighted by Gasteiger charge is 2.27. The standard InChI is InChI=1S/C22H23NO2/c1-15-18(21(24)25-22(2,3)4)19(16-11-7-5-8-12-16)20(23-15)17-13-9-6-10-14-17/h5-14,23H,1-4H3. The molecule has 2 aromatic carbocycles. The zero-order chi connectivity index (χ0) is 18.0. The summed E-state index contributed by atoms with van der Waals surface area (Å²) in [6.45, 7) is 7.56. The summed E-state index contributed by atoms with van der Waals surface area (Å²) in [5.41, 5.74) is 4.73. The Hall–Kier alpha value is -2.81. The number of hydrogen-bond acceptors (Lipinski definition) is 2. The molecule has 0 fully saturated rings. The molecule has 3 heteroatoms. The summed E-state index contributed by atoms with van der Waals surface area (Å²) in [6.07, 6.45) is 0. The number of ether oxygens (including phenoxy) is 1. The Labute approximate surface area is 148 Å². The molecule has 128 valence electrons. The molecule has 3 aromatic rings. The Kier molecular flexibility index (Phi) is 4.49. The Morgan fingerprint density at radius 1 is 0.880 bits per heavy atom. The summed E-state index contributed by atoms with van der Waals surface area (Å²) in [5.74, 6) is -0.303. The zero-order valence-corrected chi connectivity index (χ0v) is 15.1. The van der Waals surface area contributed by atoms with Gasteiger partial charge in [-0.25, -0.2) is 4.79 Å². The molecule has 0 bridgehead atoms. The summed E-state index contributed by atoms with van der Waals surface area (Å²) < 4.78 is 5.66. The van der Waals surface area contributed by atoms with Gasteiger partial charge in [0.1, 0.15) is 5.60 Å². The van der Waals surface area contributed by atoms with Gasteiger partial charge in [-0.2, -0.15) is 0 Å². The van der Waals surface area contributed by atoms with E-state index in [9.17, 15) is 4.79 Å². The topological polar surface area (TPSA) is 42.1 Å². The van der Waals surface area contributed by atoms with E-state index in [0.29, 0.717) is 5.56 Å². The number of aryl methyl sites for hydroxylation is 1. The number of carbonyl (C=O) groups excluding carboxylic acids is 1. The van der Waals surface area contributed by atoms with Crippen LogP contribution in [0.25, 0.3) is 22.4 Å². The molecule has 0 aliphatic carbocycles. The molecule has 0 saturated carbocycles. The van der Waals surface area contributed by atoms with Gasteiger partial charge in [0.15, 0.2) is 0 Å². The van der Waals surface area contributed by atoms with Crippen molar-refractivity contribution in [3.8, 4) is 22.4 Å². The average Bonchev–Trinajstić information content (AvgIpc) is 2.92. The lowest BCUT2D eigenvalue weighted by Crippen LogP contribution is -2.24. The fourth-order valence-electron chi connectivity index (χ4n) is 2.92. The van der Waals surface area contributed by atoms with Gasteiger partial charge in [-0.1, -0.05) is 60.7 Å². The van der Waals surface area contributed by atoms with E-state index in [1.54, 1.807) is 0 Å². The largest absolute Gasteiger partial charge is 0.456 e. The van der Waals surface area contributed by atoms with Crippen LogP contribution in [0.2, 0.25) is 0 Å². The number of nitrogens with one attached hydrogen (secondary N) is 1. The van der Waals surface area contributed by atoms with Gasteiger partial charge in [0, 0.05) is 11.3 Å². The lowest BCUT2D eigenvalue weighted by Gasteiger charge is -2.20. The molecule has 1 heterocycles. The van der Waals surface area contributed by atoms with Gasteiger partial charge in [0.05, 0.1) is 11.3 Å². The van der Waals surface area contributed by atoms with Crippen LogP contribution >= 0.6 is 0 Å². The maximum Gasteiger partial charge on any atom is 0.341 e. The Morgan fingerprint density at radius 3 is 1.92 bits per heavy atom. The van der Waals surface area contributed by atoms with Crippen LogP contribution in [0.4, 0.5) is 0 Å². The van der Waals surface area contributed by atoms with Gasteiger partial charge < -0.3 is 9.72 Å². The molecule has 0 aliphatic rings. The molecule has 0 amide bonds. The van der Waals surface area contributed by atoms with Gasteiger partial charge in [0.25, 0.3) is 0 Å². The van der Waals surface area contributed by atoms with Crippen molar-refractivity contribution in [2.45, 2.75) is 33.3 Å². The minimum Gasteiger partial charge on any atom is -0.456 e. The van der Waals surface area contributed by atoms with Crippen molar-refractivity contribution >= 4 is 5.97 Å². The lowest BCUT2D eigenvalue weighted by molar-refractivity contribution is 0.00699. The Bertz CT molecular complexity index is 872. The number of benzene rings is 2. The molecule has 0 saturated heterocycles. The highest BCUT2D eigenvalue weighted by atomic mass is 16.6. The number of carbonyl (C=O) groups is 1. The van der Waals surface area contributed by atoms with Crippen LogP contribution < -0.4 is 0 Å². The Morgan fingerprint density at radius 2 is 1.40 bits per heavy atom. The van der Waals surface area contributed by atoms with Crippen LogP contribution in [0.1, 0.15) is 36.8 Å². The minimum atomic E-state index is -0.540. The second-order valence-corrected chi connectivity index (χ2v) is 7.11. The molecule has 0 spiro atoms. The molecule has 0 aliphatic heterocycles. The van der Waals surface area contributed by atoms with Crippen molar-refractivity contribution in [3.63, 3.8) is 0 Å². The zero-order valence-electron chi connectivity index (χ0n) is 15.1. The second kappa shape index (κ2) is 6.60. The molecule has 3 nitrogen and oxygen atoms in total. The molecule has 25 heavy (non-hydrogen) atoms. The molecule has 0 radical (unpaired) electrons. The van der Waals surface area contributed by atoms with E-state index in [4.69, 9.17) is 4.74 Å². The van der Waals surface area contributed by atoms with Crippen LogP contribution in [-0.2, 0) is 4.74 Å². The van der Waals surface area contributed by atoms with Gasteiger partial charge in [-0.05, 0) is 38.8 Å². The van der Waals surface area contributed by atoms with Gasteiger partial charge in [0.2, 0.25) is 0 Å². The molecule has 0 unspecified atom stereocenters. The summed E-state index contributed by atoms with van der Waals surface area (Å²) in [4.78, 5) is 16.3. The van der Waals surface area contributed by atoms with Crippen LogP contribution in [-0.4, -0.2) is 16.6 Å². The first-order valence-electron chi connectivity index (χ1n) is 8.43. The van der Waals surface area contributed by atoms with Crippen molar-refractivity contribution in [1.82, 2.24) is 4.98 Å². The number of rotatable bonds is 3. The molecule has 1 N–H and O–H groups in total. The van der Waals surface area contributed by atoms with Crippen molar-refractivity contribution < 1.29 is 9.53 Å². The first kappa shape index (κ1) is 17.0. The summed E-state index contributed by atoms with van der Waals surface area (Å²) in [5, 5.41) is 0. The minimum absolute atomic E-state index is 0.303. The molecular weight excluding hydrogens is 310 g/mol. The van der Waals surface area contributed by atoms with Gasteiger partial charge in [-0.15, -0.1) is 0 Å². The van der Waals surface area contributed by atoms with Crippen molar-refractivity contribution in [2.24, 2.45) is 0 Å². The number of hydrogen-bond donors (Lipinski definition) is 1. The summed E-state index contributed by atoms with van der Waals surface area (Å²) >= 11 is 0. The predicted molar refractivity (Wildman–Crippen MR) is 102 cm³/mol. The van der Waals surface area contributed by atoms with E-state index in [1.807, 2.05) is 88.4 Å². The average molecular weight is 333 g/mol. The smallest absolute Gasteiger partial charge is 0.341 e. The first-order valence-corrected chi connectivity index (χ1v) is 8.43. The third-order valence-electron chi connectivity index (χ3n) is 3.92. The number of esters is 1. The van der Waals surface area contributed by atoms with Crippen molar-refractivity contribution in [1.29, 1.82) is 0 Å². The van der Waals surface area contributed by atoms with Crippen molar-refractivity contribution in [2.75, 3.05) is 0 Å². The third-order valence-corrected chi connectivity index (χ3v) is 3.92. The monoisotopic (exact) mass is 333 g/mol. The van der Waals surface area contributed by atoms with E-state index >= 15 is 0 Å². The van der Waals surface area contributed by atoms with E-state index < -0.39 is 5.60 Å². The summed E-state index contributed by atoms with van der Waals surface area (Å²) in [7, 11) is 0. The maximum atomic E-state index is 12.9. The van der Waals surface area contributed by atoms with Gasteiger partial charge >= 0.3 is 5.97 Å². The third kappa shape index (κ3) is 3.66. The predicted octanol–water partition coefficient (Wildman–Crippen LogP) is 5.61. The maximum absolute atomic E-state index is 12.9. The quantitative estimate of drug-likeness (QED) is 0.633. The van der Waals surface area contributed by atoms with E-state index in [0.717, 1.165) is 28.1 Å². The highest BCUT2D eigenvalue weighted by molar-refractivity contribution is 6.03. The van der Waals surface area contributed by atoms with Crippen LogP contribution in [0.5, 0.6) is 0 Å². The van der Waals surface area contributed by atoms with E-state index in [-0.39, 0.29) is 5.97 Å². The number of aromatic nitrogens is 1. The fourth-order valence-corrected chi connectivity index (χ4v) is 2.92. The molecular formula is C22H23NO2. The van der Waals surface area contributed by atoms with Crippen LogP contribution in [0, 0.1) is 6.92 Å². The van der Waals surface area contributed by atoms with E-state index in [2.05, 4.69) is 4.98 Å². The summed E-state index contributed by atoms with van der Waals surface area (Å²) in [6, 6.07) is 20.0. The molecule has 3 rings (SSSR count). The van der Waals surface area contributed by atoms with Gasteiger partial charge in [-0.3, -0.25) is 0 Å². The fraction of sp³-hybridized carbons (Fsp3) is 0.227. The molecule has 0 atom stereocenters. The second-order valence-electron chi connectivity index (χ2n) is 7.11. The van der Waals surface area contributed by atoms with Crippen LogP contribution in [0.15, 0.2) is 60.7 Å². The Balaban J connectivity index is 2.22. The number of H-pyrrole nitrogens is 1. The number of aromatic amines is 1. The molecule has 1 aromatic heterocycles.